The second-order valence-corrected chi connectivity index (χ2v) is 6.01. The first-order valence-corrected chi connectivity index (χ1v) is 7.63. The van der Waals surface area contributed by atoms with Gasteiger partial charge < -0.3 is 10.1 Å². The van der Waals surface area contributed by atoms with Crippen LogP contribution in [0.4, 0.5) is 5.69 Å². The molecule has 2 N–H and O–H groups in total. The molecule has 0 atom stereocenters. The van der Waals surface area contributed by atoms with Gasteiger partial charge in [0.25, 0.3) is 0 Å². The van der Waals surface area contributed by atoms with Crippen LogP contribution in [0.25, 0.3) is 11.3 Å². The summed E-state index contributed by atoms with van der Waals surface area (Å²) in [6.07, 6.45) is 2.29. The molecule has 1 aromatic heterocycles. The highest BCUT2D eigenvalue weighted by molar-refractivity contribution is 5.96. The number of rotatable bonds is 5. The molecule has 1 aromatic carbocycles. The average Bonchev–Trinajstić information content (AvgIpc) is 3.28. The summed E-state index contributed by atoms with van der Waals surface area (Å²) in [6, 6.07) is 7.72. The Kier molecular flexibility index (Phi) is 3.88. The van der Waals surface area contributed by atoms with Gasteiger partial charge in [0.15, 0.2) is 0 Å². The van der Waals surface area contributed by atoms with Crippen molar-refractivity contribution >= 4 is 11.6 Å². The lowest BCUT2D eigenvalue weighted by atomic mass is 10.1. The second kappa shape index (κ2) is 5.83. The van der Waals surface area contributed by atoms with Crippen molar-refractivity contribution in [3.8, 4) is 17.0 Å². The van der Waals surface area contributed by atoms with Gasteiger partial charge in [0.2, 0.25) is 5.91 Å². The highest BCUT2D eigenvalue weighted by Gasteiger charge is 2.31. The van der Waals surface area contributed by atoms with Crippen LogP contribution in [-0.4, -0.2) is 23.2 Å². The van der Waals surface area contributed by atoms with E-state index in [0.717, 1.165) is 41.2 Å². The van der Waals surface area contributed by atoms with Crippen LogP contribution < -0.4 is 10.1 Å². The normalized spacial score (nSPS) is 14.2. The van der Waals surface area contributed by atoms with Crippen molar-refractivity contribution in [1.82, 2.24) is 10.2 Å². The molecule has 22 heavy (non-hydrogen) atoms. The zero-order valence-corrected chi connectivity index (χ0v) is 13.1. The Bertz CT molecular complexity index is 687. The number of benzene rings is 1. The number of carbonyl (C=O) groups is 1. The van der Waals surface area contributed by atoms with Gasteiger partial charge in [0.1, 0.15) is 11.4 Å². The number of aromatic amines is 1. The fraction of sp³-hybridized carbons (Fsp3) is 0.412. The molecule has 3 rings (SSSR count). The lowest BCUT2D eigenvalue weighted by Crippen LogP contribution is -2.18. The van der Waals surface area contributed by atoms with E-state index in [4.69, 9.17) is 4.74 Å². The number of H-pyrrole nitrogens is 1. The standard InChI is InChI=1S/C17H21N3O2/c1-10(2)17(21)18-16-14(11-7-8-11)19-20-15(16)12-5-4-6-13(9-12)22-3/h4-6,9-11H,7-8H2,1-3H3,(H,18,21)(H,19,20). The maximum atomic E-state index is 12.1. The predicted molar refractivity (Wildman–Crippen MR) is 86.0 cm³/mol. The van der Waals surface area contributed by atoms with Gasteiger partial charge in [-0.3, -0.25) is 9.89 Å². The van der Waals surface area contributed by atoms with E-state index in [1.54, 1.807) is 7.11 Å². The van der Waals surface area contributed by atoms with E-state index >= 15 is 0 Å². The molecule has 1 heterocycles. The van der Waals surface area contributed by atoms with Crippen LogP contribution >= 0.6 is 0 Å². The molecule has 0 bridgehead atoms. The Morgan fingerprint density at radius 3 is 2.82 bits per heavy atom. The Balaban J connectivity index is 2.01. The molecule has 1 amide bonds. The van der Waals surface area contributed by atoms with Gasteiger partial charge >= 0.3 is 0 Å². The third kappa shape index (κ3) is 2.84. The van der Waals surface area contributed by atoms with Gasteiger partial charge in [-0.05, 0) is 25.0 Å². The van der Waals surface area contributed by atoms with Crippen molar-refractivity contribution in [2.45, 2.75) is 32.6 Å². The number of hydrogen-bond acceptors (Lipinski definition) is 3. The number of amides is 1. The lowest BCUT2D eigenvalue weighted by molar-refractivity contribution is -0.118. The number of hydrogen-bond donors (Lipinski definition) is 2. The van der Waals surface area contributed by atoms with Crippen molar-refractivity contribution in [3.63, 3.8) is 0 Å². The number of methoxy groups -OCH3 is 1. The summed E-state index contributed by atoms with van der Waals surface area (Å²) in [7, 11) is 1.64. The Labute approximate surface area is 130 Å². The maximum Gasteiger partial charge on any atom is 0.227 e. The molecular weight excluding hydrogens is 278 g/mol. The summed E-state index contributed by atoms with van der Waals surface area (Å²) < 4.78 is 5.28. The lowest BCUT2D eigenvalue weighted by Gasteiger charge is -2.10. The number of nitrogens with zero attached hydrogens (tertiary/aromatic N) is 1. The molecule has 2 aromatic rings. The zero-order chi connectivity index (χ0) is 15.7. The van der Waals surface area contributed by atoms with Crippen molar-refractivity contribution in [2.24, 2.45) is 5.92 Å². The highest BCUT2D eigenvalue weighted by Crippen LogP contribution is 2.45. The van der Waals surface area contributed by atoms with E-state index in [0.29, 0.717) is 5.92 Å². The van der Waals surface area contributed by atoms with Crippen molar-refractivity contribution in [1.29, 1.82) is 0 Å². The van der Waals surface area contributed by atoms with E-state index in [2.05, 4.69) is 15.5 Å². The van der Waals surface area contributed by atoms with Crippen LogP contribution in [0.3, 0.4) is 0 Å². The number of ether oxygens (including phenoxy) is 1. The maximum absolute atomic E-state index is 12.1. The van der Waals surface area contributed by atoms with Crippen molar-refractivity contribution in [2.75, 3.05) is 12.4 Å². The summed E-state index contributed by atoms with van der Waals surface area (Å²) in [4.78, 5) is 12.1. The number of nitrogens with one attached hydrogen (secondary N) is 2. The summed E-state index contributed by atoms with van der Waals surface area (Å²) in [6.45, 7) is 3.77. The predicted octanol–water partition coefficient (Wildman–Crippen LogP) is 3.56. The molecule has 1 aliphatic rings. The van der Waals surface area contributed by atoms with Gasteiger partial charge in [-0.15, -0.1) is 0 Å². The van der Waals surface area contributed by atoms with E-state index in [1.807, 2.05) is 38.1 Å². The summed E-state index contributed by atoms with van der Waals surface area (Å²) >= 11 is 0. The molecule has 116 valence electrons. The largest absolute Gasteiger partial charge is 0.497 e. The molecule has 0 radical (unpaired) electrons. The van der Waals surface area contributed by atoms with Crippen LogP contribution in [0, 0.1) is 5.92 Å². The van der Waals surface area contributed by atoms with Crippen LogP contribution in [0.5, 0.6) is 5.75 Å². The number of anilines is 1. The third-order valence-electron chi connectivity index (χ3n) is 3.90. The van der Waals surface area contributed by atoms with Gasteiger partial charge in [-0.2, -0.15) is 5.10 Å². The van der Waals surface area contributed by atoms with Gasteiger partial charge in [-0.1, -0.05) is 26.0 Å². The minimum Gasteiger partial charge on any atom is -0.497 e. The first kappa shape index (κ1) is 14.6. The van der Waals surface area contributed by atoms with Gasteiger partial charge in [0, 0.05) is 17.4 Å². The van der Waals surface area contributed by atoms with E-state index in [9.17, 15) is 4.79 Å². The Hall–Kier alpha value is -2.30. The third-order valence-corrected chi connectivity index (χ3v) is 3.90. The van der Waals surface area contributed by atoms with Crippen LogP contribution in [0.15, 0.2) is 24.3 Å². The summed E-state index contributed by atoms with van der Waals surface area (Å²) in [5.41, 5.74) is 3.55. The molecule has 0 saturated heterocycles. The fourth-order valence-electron chi connectivity index (χ4n) is 2.40. The molecule has 5 nitrogen and oxygen atoms in total. The monoisotopic (exact) mass is 299 g/mol. The van der Waals surface area contributed by atoms with E-state index in [-0.39, 0.29) is 11.8 Å². The van der Waals surface area contributed by atoms with Crippen molar-refractivity contribution in [3.05, 3.63) is 30.0 Å². The molecule has 5 heteroatoms. The molecule has 1 fully saturated rings. The minimum atomic E-state index is -0.0693. The van der Waals surface area contributed by atoms with E-state index < -0.39 is 0 Å². The average molecular weight is 299 g/mol. The Morgan fingerprint density at radius 2 is 2.18 bits per heavy atom. The quantitative estimate of drug-likeness (QED) is 0.887. The van der Waals surface area contributed by atoms with Gasteiger partial charge in [0.05, 0.1) is 18.5 Å². The molecule has 0 unspecified atom stereocenters. The first-order valence-electron chi connectivity index (χ1n) is 7.63. The van der Waals surface area contributed by atoms with E-state index in [1.165, 1.54) is 0 Å². The number of aromatic nitrogens is 2. The molecule has 1 saturated carbocycles. The SMILES string of the molecule is COc1cccc(-c2n[nH]c(C3CC3)c2NC(=O)C(C)C)c1. The molecule has 1 aliphatic carbocycles. The van der Waals surface area contributed by atoms with Crippen LogP contribution in [-0.2, 0) is 4.79 Å². The Morgan fingerprint density at radius 1 is 1.41 bits per heavy atom. The first-order chi connectivity index (χ1) is 10.6. The van der Waals surface area contributed by atoms with Crippen LogP contribution in [0.2, 0.25) is 0 Å². The zero-order valence-electron chi connectivity index (χ0n) is 13.1. The van der Waals surface area contributed by atoms with Crippen LogP contribution in [0.1, 0.15) is 38.3 Å². The fourth-order valence-corrected chi connectivity index (χ4v) is 2.40. The minimum absolute atomic E-state index is 0.00689. The number of carbonyl (C=O) groups excluding carboxylic acids is 1. The molecular formula is C17H21N3O2. The summed E-state index contributed by atoms with van der Waals surface area (Å²) in [5, 5.41) is 10.6. The topological polar surface area (TPSA) is 67.0 Å². The molecule has 0 spiro atoms. The smallest absolute Gasteiger partial charge is 0.227 e. The summed E-state index contributed by atoms with van der Waals surface area (Å²) in [5.74, 6) is 1.19. The van der Waals surface area contributed by atoms with Crippen molar-refractivity contribution < 1.29 is 9.53 Å². The second-order valence-electron chi connectivity index (χ2n) is 6.01. The highest BCUT2D eigenvalue weighted by atomic mass is 16.5. The molecule has 0 aliphatic heterocycles. The van der Waals surface area contributed by atoms with Gasteiger partial charge in [-0.25, -0.2) is 0 Å².